The molecular weight excluding hydrogens is 792 g/mol. The van der Waals surface area contributed by atoms with E-state index in [4.69, 9.17) is 0 Å². The molecule has 0 bridgehead atoms. The van der Waals surface area contributed by atoms with Crippen LogP contribution in [-0.4, -0.2) is 6.85 Å². The van der Waals surface area contributed by atoms with Crippen LogP contribution < -0.4 is 20.6 Å². The number of benzene rings is 9. The van der Waals surface area contributed by atoms with E-state index in [1.807, 2.05) is 11.3 Å². The number of thiophene rings is 1. The van der Waals surface area contributed by atoms with Gasteiger partial charge in [-0.05, 0) is 139 Å². The molecule has 3 aliphatic rings. The van der Waals surface area contributed by atoms with Crippen LogP contribution in [0.15, 0.2) is 176 Å². The predicted octanol–water partition coefficient (Wildman–Crippen LogP) is 15.5. The largest absolute Gasteiger partial charge is 0.376 e. The van der Waals surface area contributed by atoms with Crippen LogP contribution in [0, 0.1) is 6.92 Å². The first-order chi connectivity index (χ1) is 31.0. The molecule has 0 atom stereocenters. The summed E-state index contributed by atoms with van der Waals surface area (Å²) in [5, 5.41) is 5.13. The maximum absolute atomic E-state index is 2.71. The van der Waals surface area contributed by atoms with Gasteiger partial charge in [-0.2, -0.15) is 0 Å². The van der Waals surface area contributed by atoms with E-state index in [0.29, 0.717) is 0 Å². The second-order valence-electron chi connectivity index (χ2n) is 19.8. The summed E-state index contributed by atoms with van der Waals surface area (Å²) in [5.74, 6) is 0. The lowest BCUT2D eigenvalue weighted by atomic mass is 9.43. The van der Waals surface area contributed by atoms with E-state index in [2.05, 4.69) is 227 Å². The molecule has 13 rings (SSSR count). The zero-order valence-electron chi connectivity index (χ0n) is 37.1. The average molecular weight is 839 g/mol. The van der Waals surface area contributed by atoms with Crippen LogP contribution >= 0.6 is 11.3 Å². The highest BCUT2D eigenvalue weighted by molar-refractivity contribution is 7.26. The Hall–Kier alpha value is -6.88. The molecule has 0 saturated carbocycles. The van der Waals surface area contributed by atoms with Gasteiger partial charge in [0.25, 0.3) is 0 Å². The number of anilines is 5. The van der Waals surface area contributed by atoms with Crippen molar-refractivity contribution in [3.8, 4) is 33.4 Å². The molecule has 0 fully saturated rings. The predicted molar refractivity (Wildman–Crippen MR) is 277 cm³/mol. The Labute approximate surface area is 380 Å². The second-order valence-corrected chi connectivity index (χ2v) is 20.9. The third-order valence-electron chi connectivity index (χ3n) is 14.7. The SMILES string of the molecule is Cc1cc(C(C)(C)C)ccc1N1c2cc3sc4ccccc4c3cc2B2c3c(cc(-c4ccccc4)cc31)-c1cc3ccccc3cc1N2c1ccc2c(c1)C(C)(C)c1ccccc1-2. The van der Waals surface area contributed by atoms with Gasteiger partial charge in [-0.1, -0.05) is 156 Å². The van der Waals surface area contributed by atoms with E-state index in [9.17, 15) is 0 Å². The maximum Gasteiger partial charge on any atom is 0.333 e. The van der Waals surface area contributed by atoms with Gasteiger partial charge in [0.2, 0.25) is 0 Å². The lowest BCUT2D eigenvalue weighted by molar-refractivity contribution is 0.590. The summed E-state index contributed by atoms with van der Waals surface area (Å²) in [6.45, 7) is 13.9. The van der Waals surface area contributed by atoms with Gasteiger partial charge in [0.05, 0.1) is 0 Å². The van der Waals surface area contributed by atoms with Crippen LogP contribution in [0.3, 0.4) is 0 Å². The van der Waals surface area contributed by atoms with Gasteiger partial charge < -0.3 is 9.71 Å². The van der Waals surface area contributed by atoms with E-state index >= 15 is 0 Å². The van der Waals surface area contributed by atoms with E-state index in [-0.39, 0.29) is 17.7 Å². The molecule has 10 aromatic rings. The monoisotopic (exact) mass is 838 g/mol. The van der Waals surface area contributed by atoms with Gasteiger partial charge >= 0.3 is 6.85 Å². The molecule has 64 heavy (non-hydrogen) atoms. The Kier molecular flexibility index (Phi) is 7.84. The molecule has 1 aromatic heterocycles. The number of aryl methyl sites for hydroxylation is 1. The molecule has 4 heteroatoms. The minimum Gasteiger partial charge on any atom is -0.376 e. The first kappa shape index (κ1) is 37.7. The molecule has 0 saturated heterocycles. The molecule has 2 aliphatic heterocycles. The zero-order valence-corrected chi connectivity index (χ0v) is 37.9. The summed E-state index contributed by atoms with van der Waals surface area (Å²) >= 11 is 1.90. The van der Waals surface area contributed by atoms with Gasteiger partial charge in [-0.25, -0.2) is 0 Å². The summed E-state index contributed by atoms with van der Waals surface area (Å²) in [6, 6.07) is 67.3. The van der Waals surface area contributed by atoms with Crippen molar-refractivity contribution in [2.75, 3.05) is 9.71 Å². The molecule has 1 aliphatic carbocycles. The standard InChI is InChI=1S/C60H47BN2S/c1-36-28-41(59(2,3)4)24-27-52(36)62-54-35-57-47(45-21-13-15-23-56(45)64-57)34-51(54)61-58-48(30-40(32-55(58)62)37-16-8-7-9-17-37)46-29-38-18-10-11-19-39(38)31-53(46)63(61)42-25-26-44-43-20-12-14-22-49(43)60(5,6)50(44)33-42/h7-35H,1-6H3. The first-order valence-electron chi connectivity index (χ1n) is 22.7. The summed E-state index contributed by atoms with van der Waals surface area (Å²) in [4.78, 5) is 5.33. The molecule has 9 aromatic carbocycles. The van der Waals surface area contributed by atoms with Crippen molar-refractivity contribution < 1.29 is 0 Å². The minimum absolute atomic E-state index is 0.0304. The van der Waals surface area contributed by atoms with Crippen LogP contribution in [0.1, 0.15) is 56.9 Å². The molecule has 306 valence electrons. The van der Waals surface area contributed by atoms with Gasteiger partial charge in [-0.3, -0.25) is 0 Å². The fraction of sp³-hybridized carbons (Fsp3) is 0.133. The normalized spacial score (nSPS) is 14.4. The van der Waals surface area contributed by atoms with E-state index < -0.39 is 0 Å². The summed E-state index contributed by atoms with van der Waals surface area (Å²) in [6.07, 6.45) is 0. The smallest absolute Gasteiger partial charge is 0.333 e. The van der Waals surface area contributed by atoms with Gasteiger partial charge in [-0.15, -0.1) is 11.3 Å². The van der Waals surface area contributed by atoms with Crippen molar-refractivity contribution in [1.29, 1.82) is 0 Å². The molecule has 0 N–H and O–H groups in total. The summed E-state index contributed by atoms with van der Waals surface area (Å²) < 4.78 is 2.63. The third-order valence-corrected chi connectivity index (χ3v) is 15.8. The van der Waals surface area contributed by atoms with E-state index in [1.165, 1.54) is 126 Å². The highest BCUT2D eigenvalue weighted by Gasteiger charge is 2.47. The number of nitrogens with zero attached hydrogens (tertiary/aromatic N) is 2. The fourth-order valence-corrected chi connectivity index (χ4v) is 12.5. The topological polar surface area (TPSA) is 6.48 Å². The molecule has 0 radical (unpaired) electrons. The van der Waals surface area contributed by atoms with Crippen LogP contribution in [0.2, 0.25) is 0 Å². The summed E-state index contributed by atoms with van der Waals surface area (Å²) in [5.41, 5.74) is 21.8. The Balaban J connectivity index is 1.17. The van der Waals surface area contributed by atoms with Crippen molar-refractivity contribution in [1.82, 2.24) is 0 Å². The molecule has 3 heterocycles. The highest BCUT2D eigenvalue weighted by atomic mass is 32.1. The Bertz CT molecular complexity index is 3610. The lowest BCUT2D eigenvalue weighted by Crippen LogP contribution is -2.61. The van der Waals surface area contributed by atoms with Crippen molar-refractivity contribution in [3.63, 3.8) is 0 Å². The highest BCUT2D eigenvalue weighted by Crippen LogP contribution is 2.54. The van der Waals surface area contributed by atoms with Gasteiger partial charge in [0, 0.05) is 59.6 Å². The minimum atomic E-state index is -0.142. The second kappa shape index (κ2) is 13.3. The molecule has 0 amide bonds. The van der Waals surface area contributed by atoms with Crippen LogP contribution in [-0.2, 0) is 10.8 Å². The van der Waals surface area contributed by atoms with Crippen LogP contribution in [0.25, 0.3) is 64.3 Å². The van der Waals surface area contributed by atoms with Crippen molar-refractivity contribution in [2.45, 2.75) is 52.4 Å². The number of hydrogen-bond acceptors (Lipinski definition) is 3. The maximum atomic E-state index is 2.71. The van der Waals surface area contributed by atoms with E-state index in [1.54, 1.807) is 0 Å². The molecular formula is C60H47BN2S. The van der Waals surface area contributed by atoms with Crippen molar-refractivity contribution in [3.05, 3.63) is 198 Å². The zero-order chi connectivity index (χ0) is 43.2. The quantitative estimate of drug-likeness (QED) is 0.164. The van der Waals surface area contributed by atoms with Gasteiger partial charge in [0.1, 0.15) is 0 Å². The average Bonchev–Trinajstić information content (AvgIpc) is 3.78. The lowest BCUT2D eigenvalue weighted by Gasteiger charge is -2.46. The van der Waals surface area contributed by atoms with Crippen LogP contribution in [0.4, 0.5) is 28.4 Å². The number of fused-ring (bicyclic) bond motifs is 11. The Morgan fingerprint density at radius 1 is 0.500 bits per heavy atom. The van der Waals surface area contributed by atoms with Gasteiger partial charge in [0.15, 0.2) is 0 Å². The molecule has 0 spiro atoms. The fourth-order valence-electron chi connectivity index (χ4n) is 11.4. The molecule has 2 nitrogen and oxygen atoms in total. The summed E-state index contributed by atoms with van der Waals surface area (Å²) in [7, 11) is 0. The van der Waals surface area contributed by atoms with Crippen molar-refractivity contribution >= 4 is 88.5 Å². The Morgan fingerprint density at radius 2 is 1.23 bits per heavy atom. The van der Waals surface area contributed by atoms with Crippen molar-refractivity contribution in [2.24, 2.45) is 0 Å². The van der Waals surface area contributed by atoms with E-state index in [0.717, 1.165) is 0 Å². The Morgan fingerprint density at radius 3 is 2.05 bits per heavy atom. The molecule has 0 unspecified atom stereocenters. The third kappa shape index (κ3) is 5.33. The first-order valence-corrected chi connectivity index (χ1v) is 23.5. The number of rotatable bonds is 3. The number of hydrogen-bond donors (Lipinski definition) is 0. The van der Waals surface area contributed by atoms with Crippen LogP contribution in [0.5, 0.6) is 0 Å².